The van der Waals surface area contributed by atoms with E-state index < -0.39 is 0 Å². The molecule has 0 amide bonds. The van der Waals surface area contributed by atoms with E-state index in [-0.39, 0.29) is 10.8 Å². The molecule has 0 radical (unpaired) electrons. The number of thiocarbonyl (C=S) groups is 1. The molecule has 0 aromatic carbocycles. The van der Waals surface area contributed by atoms with E-state index in [2.05, 4.69) is 39.9 Å². The Morgan fingerprint density at radius 3 is 2.35 bits per heavy atom. The maximum absolute atomic E-state index is 13.3. The van der Waals surface area contributed by atoms with E-state index in [0.717, 1.165) is 11.4 Å². The summed E-state index contributed by atoms with van der Waals surface area (Å²) < 4.78 is 0. The van der Waals surface area contributed by atoms with Crippen LogP contribution in [0.4, 0.5) is 0 Å². The van der Waals surface area contributed by atoms with E-state index in [1.165, 1.54) is 44.9 Å². The van der Waals surface area contributed by atoms with Crippen LogP contribution in [0, 0.1) is 16.7 Å². The molecule has 0 aromatic rings. The van der Waals surface area contributed by atoms with Crippen molar-refractivity contribution < 1.29 is 4.79 Å². The fourth-order valence-electron chi connectivity index (χ4n) is 5.15. The molecule has 0 heterocycles. The van der Waals surface area contributed by atoms with Gasteiger partial charge < -0.3 is 0 Å². The predicted octanol–water partition coefficient (Wildman–Crippen LogP) is 5.98. The van der Waals surface area contributed by atoms with Crippen LogP contribution in [0.25, 0.3) is 0 Å². The number of carbonyl (C=O) groups is 1. The zero-order valence-electron chi connectivity index (χ0n) is 17.7. The van der Waals surface area contributed by atoms with Crippen LogP contribution in [-0.2, 0) is 4.79 Å². The van der Waals surface area contributed by atoms with Gasteiger partial charge in [0.05, 0.1) is 0 Å². The van der Waals surface area contributed by atoms with Crippen LogP contribution in [0.15, 0.2) is 0 Å². The van der Waals surface area contributed by atoms with E-state index >= 15 is 0 Å². The second-order valence-corrected chi connectivity index (χ2v) is 12.8. The molecule has 0 aliphatic heterocycles. The number of nitrogens with one attached hydrogen (secondary N) is 1. The molecule has 0 unspecified atom stereocenters. The summed E-state index contributed by atoms with van der Waals surface area (Å²) in [6.07, 6.45) is 9.74. The molecule has 2 saturated carbocycles. The SMILES string of the molecule is CCCC[C@H]([Se][C@@H]1C(=O)[C@]2(C)CC[C@H]1C2(C)C)[C@@H](CCCC)NC(C)=S. The topological polar surface area (TPSA) is 29.1 Å². The molecule has 4 heteroatoms. The first kappa shape index (κ1) is 22.4. The van der Waals surface area contributed by atoms with E-state index in [1.807, 2.05) is 6.92 Å². The first-order valence-electron chi connectivity index (χ1n) is 10.7. The van der Waals surface area contributed by atoms with Crippen molar-refractivity contribution in [1.29, 1.82) is 0 Å². The Labute approximate surface area is 173 Å². The van der Waals surface area contributed by atoms with Crippen molar-refractivity contribution in [3.8, 4) is 0 Å². The number of unbranched alkanes of at least 4 members (excludes halogenated alkanes) is 2. The third kappa shape index (κ3) is 4.23. The normalized spacial score (nSPS) is 31.8. The first-order valence-corrected chi connectivity index (χ1v) is 13.0. The molecule has 2 fully saturated rings. The second-order valence-electron chi connectivity index (χ2n) is 9.25. The van der Waals surface area contributed by atoms with Gasteiger partial charge in [-0.1, -0.05) is 0 Å². The maximum atomic E-state index is 13.3. The quantitative estimate of drug-likeness (QED) is 0.332. The standard InChI is InChI=1S/C22H39NOSSe/c1-7-9-11-17(23-15(3)25)18(12-10-8-2)26-19-16-13-14-22(6,20(19)24)21(16,4)5/h16-19H,7-14H2,1-6H3,(H,23,25)/t16-,17-,18+,19+,22+/m1/s1. The summed E-state index contributed by atoms with van der Waals surface area (Å²) in [5.41, 5.74) is 0.101. The van der Waals surface area contributed by atoms with Gasteiger partial charge in [-0.25, -0.2) is 0 Å². The number of fused-ring (bicyclic) bond motifs is 2. The van der Waals surface area contributed by atoms with Gasteiger partial charge in [-0.15, -0.1) is 0 Å². The Hall–Kier alpha value is 0.0795. The van der Waals surface area contributed by atoms with Crippen LogP contribution in [0.2, 0.25) is 9.63 Å². The summed E-state index contributed by atoms with van der Waals surface area (Å²) in [7, 11) is 0. The zero-order valence-corrected chi connectivity index (χ0v) is 20.2. The van der Waals surface area contributed by atoms with Crippen molar-refractivity contribution in [2.45, 2.75) is 109 Å². The van der Waals surface area contributed by atoms with Crippen molar-refractivity contribution in [2.75, 3.05) is 0 Å². The number of ketones is 1. The van der Waals surface area contributed by atoms with Gasteiger partial charge in [0.25, 0.3) is 0 Å². The zero-order chi connectivity index (χ0) is 19.5. The van der Waals surface area contributed by atoms with Crippen LogP contribution < -0.4 is 5.32 Å². The number of hydrogen-bond donors (Lipinski definition) is 1. The second kappa shape index (κ2) is 9.05. The fraction of sp³-hybridized carbons (Fsp3) is 0.909. The van der Waals surface area contributed by atoms with Crippen LogP contribution in [0.1, 0.15) is 92.9 Å². The third-order valence-electron chi connectivity index (χ3n) is 7.34. The molecule has 1 N–H and O–H groups in total. The number of Topliss-reactive ketones (excluding diaryl/α,β-unsaturated/α-hetero) is 1. The average molecular weight is 445 g/mol. The number of carbonyl (C=O) groups excluding carboxylic acids is 1. The molecule has 2 rings (SSSR count). The minimum atomic E-state index is -0.0776. The van der Waals surface area contributed by atoms with E-state index in [4.69, 9.17) is 12.2 Å². The van der Waals surface area contributed by atoms with Crippen LogP contribution in [0.3, 0.4) is 0 Å². The minimum absolute atomic E-state index is 0.0776. The van der Waals surface area contributed by atoms with Gasteiger partial charge in [-0.2, -0.15) is 0 Å². The van der Waals surface area contributed by atoms with Gasteiger partial charge in [0.15, 0.2) is 0 Å². The van der Waals surface area contributed by atoms with Gasteiger partial charge in [0, 0.05) is 0 Å². The molecule has 0 aromatic heterocycles. The first-order chi connectivity index (χ1) is 12.2. The van der Waals surface area contributed by atoms with Crippen LogP contribution in [0.5, 0.6) is 0 Å². The molecule has 0 saturated heterocycles. The Balaban J connectivity index is 2.18. The van der Waals surface area contributed by atoms with Crippen molar-refractivity contribution in [3.63, 3.8) is 0 Å². The van der Waals surface area contributed by atoms with Crippen molar-refractivity contribution >= 4 is 37.9 Å². The molecule has 2 aliphatic carbocycles. The Kier molecular flexibility index (Phi) is 7.79. The summed E-state index contributed by atoms with van der Waals surface area (Å²) in [5, 5.41) is 3.62. The summed E-state index contributed by atoms with van der Waals surface area (Å²) in [6, 6.07) is 0.460. The van der Waals surface area contributed by atoms with E-state index in [1.54, 1.807) is 0 Å². The Morgan fingerprint density at radius 2 is 1.85 bits per heavy atom. The van der Waals surface area contributed by atoms with Crippen LogP contribution in [-0.4, -0.2) is 31.8 Å². The molecule has 150 valence electrons. The van der Waals surface area contributed by atoms with E-state index in [9.17, 15) is 4.79 Å². The molecule has 2 nitrogen and oxygen atoms in total. The monoisotopic (exact) mass is 445 g/mol. The van der Waals surface area contributed by atoms with Crippen LogP contribution >= 0.6 is 12.2 Å². The third-order valence-corrected chi connectivity index (χ3v) is 11.1. The average Bonchev–Trinajstić information content (AvgIpc) is 2.88. The number of hydrogen-bond acceptors (Lipinski definition) is 2. The summed E-state index contributed by atoms with van der Waals surface area (Å²) >= 11 is 5.76. The van der Waals surface area contributed by atoms with E-state index in [0.29, 0.717) is 42.3 Å². The van der Waals surface area contributed by atoms with Gasteiger partial charge >= 0.3 is 173 Å². The molecule has 2 bridgehead atoms. The number of rotatable bonds is 10. The van der Waals surface area contributed by atoms with Crippen molar-refractivity contribution in [1.82, 2.24) is 5.32 Å². The van der Waals surface area contributed by atoms with Crippen molar-refractivity contribution in [3.05, 3.63) is 0 Å². The molecule has 0 spiro atoms. The summed E-state index contributed by atoms with van der Waals surface area (Å²) in [6.45, 7) is 13.5. The van der Waals surface area contributed by atoms with Gasteiger partial charge in [-0.05, 0) is 0 Å². The van der Waals surface area contributed by atoms with Gasteiger partial charge in [0.2, 0.25) is 0 Å². The predicted molar refractivity (Wildman–Crippen MR) is 117 cm³/mol. The van der Waals surface area contributed by atoms with Crippen molar-refractivity contribution in [2.24, 2.45) is 16.7 Å². The molecule has 5 atom stereocenters. The molecular weight excluding hydrogens is 405 g/mol. The fourth-order valence-corrected chi connectivity index (χ4v) is 9.76. The summed E-state index contributed by atoms with van der Waals surface area (Å²) in [4.78, 5) is 15.2. The molecular formula is C22H39NOSSe. The molecule has 2 aliphatic rings. The Morgan fingerprint density at radius 1 is 1.23 bits per heavy atom. The summed E-state index contributed by atoms with van der Waals surface area (Å²) in [5.74, 6) is 1.19. The molecule has 26 heavy (non-hydrogen) atoms. The van der Waals surface area contributed by atoms with Gasteiger partial charge in [-0.3, -0.25) is 0 Å². The Bertz CT molecular complexity index is 520. The van der Waals surface area contributed by atoms with Gasteiger partial charge in [0.1, 0.15) is 0 Å².